The van der Waals surface area contributed by atoms with Gasteiger partial charge in [-0.25, -0.2) is 0 Å². The van der Waals surface area contributed by atoms with E-state index in [0.29, 0.717) is 12.5 Å². The second-order valence-corrected chi connectivity index (χ2v) is 6.76. The van der Waals surface area contributed by atoms with E-state index in [1.807, 2.05) is 34.9 Å². The minimum atomic E-state index is -0.340. The molecule has 1 aliphatic carbocycles. The van der Waals surface area contributed by atoms with Crippen LogP contribution in [0.25, 0.3) is 0 Å². The van der Waals surface area contributed by atoms with Gasteiger partial charge in [-0.1, -0.05) is 12.8 Å². The third-order valence-corrected chi connectivity index (χ3v) is 3.48. The zero-order valence-corrected chi connectivity index (χ0v) is 12.9. The third-order valence-electron chi connectivity index (χ3n) is 3.48. The van der Waals surface area contributed by atoms with Gasteiger partial charge < -0.3 is 16.0 Å². The minimum absolute atomic E-state index is 0.109. The number of carbonyl (C=O) groups is 1. The molecule has 0 aromatic heterocycles. The molecule has 5 nitrogen and oxygen atoms in total. The molecule has 1 fully saturated rings. The quantitative estimate of drug-likeness (QED) is 0.599. The molecule has 19 heavy (non-hydrogen) atoms. The summed E-state index contributed by atoms with van der Waals surface area (Å²) in [4.78, 5) is 18.4. The molecule has 3 N–H and O–H groups in total. The van der Waals surface area contributed by atoms with Gasteiger partial charge in [-0.3, -0.25) is 9.79 Å². The molecule has 0 atom stereocenters. The molecule has 5 heteroatoms. The predicted molar refractivity (Wildman–Crippen MR) is 79.0 cm³/mol. The van der Waals surface area contributed by atoms with Crippen LogP contribution in [0.5, 0.6) is 0 Å². The second-order valence-electron chi connectivity index (χ2n) is 6.76. The molecular weight excluding hydrogens is 240 g/mol. The Kier molecular flexibility index (Phi) is 4.82. The predicted octanol–water partition coefficient (Wildman–Crippen LogP) is 1.34. The smallest absolute Gasteiger partial charge is 0.230 e. The van der Waals surface area contributed by atoms with E-state index in [-0.39, 0.29) is 16.9 Å². The Labute approximate surface area is 116 Å². The van der Waals surface area contributed by atoms with E-state index in [2.05, 4.69) is 10.3 Å². The van der Waals surface area contributed by atoms with Gasteiger partial charge in [0.05, 0.1) is 12.0 Å². The molecule has 1 aliphatic rings. The molecule has 0 saturated heterocycles. The van der Waals surface area contributed by atoms with Crippen molar-refractivity contribution in [1.82, 2.24) is 10.2 Å². The maximum atomic E-state index is 12.4. The van der Waals surface area contributed by atoms with Gasteiger partial charge in [-0.2, -0.15) is 0 Å². The summed E-state index contributed by atoms with van der Waals surface area (Å²) >= 11 is 0. The summed E-state index contributed by atoms with van der Waals surface area (Å²) in [5.41, 5.74) is 5.44. The Morgan fingerprint density at radius 2 is 1.84 bits per heavy atom. The number of aliphatic imine (C=N–C) groups is 1. The highest BCUT2D eigenvalue weighted by Gasteiger charge is 2.41. The van der Waals surface area contributed by atoms with Gasteiger partial charge in [-0.05, 0) is 33.6 Å². The molecule has 0 unspecified atom stereocenters. The first kappa shape index (κ1) is 15.8. The van der Waals surface area contributed by atoms with Gasteiger partial charge >= 0.3 is 0 Å². The van der Waals surface area contributed by atoms with Crippen molar-refractivity contribution in [2.45, 2.75) is 52.0 Å². The normalized spacial score (nSPS) is 19.3. The molecule has 1 amide bonds. The Morgan fingerprint density at radius 1 is 1.32 bits per heavy atom. The van der Waals surface area contributed by atoms with E-state index in [1.54, 1.807) is 4.90 Å². The maximum absolute atomic E-state index is 12.4. The fraction of sp³-hybridized carbons (Fsp3) is 0.857. The zero-order valence-electron chi connectivity index (χ0n) is 12.9. The summed E-state index contributed by atoms with van der Waals surface area (Å²) in [5, 5.41) is 3.13. The van der Waals surface area contributed by atoms with Gasteiger partial charge in [-0.15, -0.1) is 0 Å². The second kappa shape index (κ2) is 5.80. The summed E-state index contributed by atoms with van der Waals surface area (Å²) in [6.45, 7) is 6.59. The summed E-state index contributed by atoms with van der Waals surface area (Å²) < 4.78 is 0. The summed E-state index contributed by atoms with van der Waals surface area (Å²) in [6.07, 6.45) is 4.02. The number of guanidine groups is 1. The molecule has 0 aromatic rings. The van der Waals surface area contributed by atoms with Gasteiger partial charge in [0.2, 0.25) is 5.91 Å². The lowest BCUT2D eigenvalue weighted by atomic mass is 9.85. The number of nitrogens with two attached hydrogens (primary N) is 1. The fourth-order valence-electron chi connectivity index (χ4n) is 2.63. The van der Waals surface area contributed by atoms with Gasteiger partial charge in [0.25, 0.3) is 0 Å². The van der Waals surface area contributed by atoms with Crippen LogP contribution >= 0.6 is 0 Å². The maximum Gasteiger partial charge on any atom is 0.230 e. The number of nitrogens with one attached hydrogen (secondary N) is 1. The molecule has 110 valence electrons. The Bertz CT molecular complexity index is 349. The van der Waals surface area contributed by atoms with Crippen molar-refractivity contribution in [3.63, 3.8) is 0 Å². The Morgan fingerprint density at radius 3 is 2.26 bits per heavy atom. The number of rotatable bonds is 3. The molecular formula is C14H28N4O. The zero-order chi connectivity index (χ0) is 14.7. The van der Waals surface area contributed by atoms with Crippen molar-refractivity contribution < 1.29 is 4.79 Å². The van der Waals surface area contributed by atoms with Crippen molar-refractivity contribution in [2.24, 2.45) is 16.1 Å². The van der Waals surface area contributed by atoms with E-state index in [0.717, 1.165) is 25.7 Å². The molecule has 1 rings (SSSR count). The Hall–Kier alpha value is -1.26. The lowest BCUT2D eigenvalue weighted by Crippen LogP contribution is -2.46. The molecule has 0 bridgehead atoms. The number of nitrogens with zero attached hydrogens (tertiary/aromatic N) is 2. The summed E-state index contributed by atoms with van der Waals surface area (Å²) in [7, 11) is 3.62. The molecule has 0 radical (unpaired) electrons. The van der Waals surface area contributed by atoms with Crippen LogP contribution in [0.15, 0.2) is 4.99 Å². The molecule has 1 saturated carbocycles. The van der Waals surface area contributed by atoms with Crippen LogP contribution in [-0.4, -0.2) is 42.9 Å². The van der Waals surface area contributed by atoms with Crippen molar-refractivity contribution in [1.29, 1.82) is 0 Å². The SMILES string of the molecule is CN(C)C(=O)C1(CN=C(N)NC(C)(C)C)CCCC1. The molecule has 0 aromatic carbocycles. The van der Waals surface area contributed by atoms with Crippen LogP contribution < -0.4 is 11.1 Å². The first-order chi connectivity index (χ1) is 8.66. The summed E-state index contributed by atoms with van der Waals surface area (Å²) in [5.74, 6) is 0.600. The molecule has 0 heterocycles. The lowest BCUT2D eigenvalue weighted by Gasteiger charge is -2.29. The average molecular weight is 268 g/mol. The highest BCUT2D eigenvalue weighted by Crippen LogP contribution is 2.39. The lowest BCUT2D eigenvalue weighted by molar-refractivity contribution is -0.138. The van der Waals surface area contributed by atoms with Crippen LogP contribution in [0.4, 0.5) is 0 Å². The topological polar surface area (TPSA) is 70.7 Å². The minimum Gasteiger partial charge on any atom is -0.370 e. The van der Waals surface area contributed by atoms with Crippen LogP contribution in [0.3, 0.4) is 0 Å². The fourth-order valence-corrected chi connectivity index (χ4v) is 2.63. The van der Waals surface area contributed by atoms with Crippen molar-refractivity contribution in [3.8, 4) is 0 Å². The number of hydrogen-bond donors (Lipinski definition) is 2. The number of carbonyl (C=O) groups excluding carboxylic acids is 1. The van der Waals surface area contributed by atoms with Crippen LogP contribution in [0.1, 0.15) is 46.5 Å². The van der Waals surface area contributed by atoms with E-state index < -0.39 is 0 Å². The monoisotopic (exact) mass is 268 g/mol. The Balaban J connectivity index is 2.75. The van der Waals surface area contributed by atoms with Crippen LogP contribution in [0, 0.1) is 5.41 Å². The van der Waals surface area contributed by atoms with Crippen LogP contribution in [-0.2, 0) is 4.79 Å². The van der Waals surface area contributed by atoms with Crippen LogP contribution in [0.2, 0.25) is 0 Å². The first-order valence-corrected chi connectivity index (χ1v) is 6.96. The van der Waals surface area contributed by atoms with E-state index in [1.165, 1.54) is 0 Å². The third kappa shape index (κ3) is 4.40. The largest absolute Gasteiger partial charge is 0.370 e. The van der Waals surface area contributed by atoms with E-state index in [9.17, 15) is 4.79 Å². The number of hydrogen-bond acceptors (Lipinski definition) is 2. The van der Waals surface area contributed by atoms with Crippen molar-refractivity contribution in [3.05, 3.63) is 0 Å². The highest BCUT2D eigenvalue weighted by atomic mass is 16.2. The highest BCUT2D eigenvalue weighted by molar-refractivity contribution is 5.84. The van der Waals surface area contributed by atoms with Gasteiger partial charge in [0.1, 0.15) is 0 Å². The standard InChI is InChI=1S/C14H28N4O/c1-13(2,3)17-12(15)16-10-14(8-6-7-9-14)11(19)18(4)5/h6-10H2,1-5H3,(H3,15,16,17). The van der Waals surface area contributed by atoms with E-state index >= 15 is 0 Å². The van der Waals surface area contributed by atoms with Gasteiger partial charge in [0.15, 0.2) is 5.96 Å². The van der Waals surface area contributed by atoms with Gasteiger partial charge in [0, 0.05) is 19.6 Å². The average Bonchev–Trinajstić information content (AvgIpc) is 2.72. The number of amides is 1. The first-order valence-electron chi connectivity index (χ1n) is 6.96. The molecule has 0 aliphatic heterocycles. The van der Waals surface area contributed by atoms with E-state index in [4.69, 9.17) is 5.73 Å². The van der Waals surface area contributed by atoms with Crippen molar-refractivity contribution >= 4 is 11.9 Å². The van der Waals surface area contributed by atoms with Crippen molar-refractivity contribution in [2.75, 3.05) is 20.6 Å². The summed E-state index contributed by atoms with van der Waals surface area (Å²) in [6, 6.07) is 0. The molecule has 0 spiro atoms.